The Morgan fingerprint density at radius 3 is 2.53 bits per heavy atom. The predicted octanol–water partition coefficient (Wildman–Crippen LogP) is 2.91. The van der Waals surface area contributed by atoms with Gasteiger partial charge in [0.1, 0.15) is 0 Å². The Hall–Kier alpha value is -0.0800. The molecule has 0 amide bonds. The number of rotatable bonds is 2. The molecule has 2 atom stereocenters. The number of likely N-dealkylation sites (tertiary alicyclic amines) is 1. The zero-order valence-electron chi connectivity index (χ0n) is 11.2. The van der Waals surface area contributed by atoms with Crippen molar-refractivity contribution in [1.82, 2.24) is 4.90 Å². The quantitative estimate of drug-likeness (QED) is 0.799. The van der Waals surface area contributed by atoms with E-state index >= 15 is 0 Å². The largest absolute Gasteiger partial charge is 0.324 e. The lowest BCUT2D eigenvalue weighted by molar-refractivity contribution is 0.128. The molecule has 0 spiro atoms. The van der Waals surface area contributed by atoms with E-state index in [2.05, 4.69) is 4.90 Å². The van der Waals surface area contributed by atoms with Crippen molar-refractivity contribution in [2.24, 2.45) is 11.7 Å². The van der Waals surface area contributed by atoms with Crippen molar-refractivity contribution in [3.63, 3.8) is 0 Å². The van der Waals surface area contributed by atoms with Gasteiger partial charge in [-0.15, -0.1) is 0 Å². The molecule has 0 aromatic rings. The van der Waals surface area contributed by atoms with Crippen LogP contribution in [-0.2, 0) is 0 Å². The first-order valence-electron chi connectivity index (χ1n) is 7.80. The van der Waals surface area contributed by atoms with Crippen LogP contribution < -0.4 is 5.73 Å². The lowest BCUT2D eigenvalue weighted by Gasteiger charge is -2.40. The summed E-state index contributed by atoms with van der Waals surface area (Å²) in [5, 5.41) is 0. The first kappa shape index (κ1) is 12.0. The summed E-state index contributed by atoms with van der Waals surface area (Å²) in [6.45, 7) is 2.52. The number of nitrogens with zero attached hydrogens (tertiary/aromatic N) is 1. The van der Waals surface area contributed by atoms with Crippen LogP contribution in [0.1, 0.15) is 64.2 Å². The van der Waals surface area contributed by atoms with E-state index in [1.807, 2.05) is 0 Å². The molecular weight excluding hydrogens is 208 g/mol. The van der Waals surface area contributed by atoms with Crippen LogP contribution in [0.15, 0.2) is 0 Å². The molecular formula is C15H28N2. The summed E-state index contributed by atoms with van der Waals surface area (Å²) in [7, 11) is 0. The smallest absolute Gasteiger partial charge is 0.0283 e. The molecule has 3 fully saturated rings. The molecule has 3 aliphatic rings. The number of hydrogen-bond acceptors (Lipinski definition) is 2. The van der Waals surface area contributed by atoms with E-state index in [9.17, 15) is 0 Å². The van der Waals surface area contributed by atoms with E-state index in [0.29, 0.717) is 0 Å². The third-order valence-electron chi connectivity index (χ3n) is 5.49. The van der Waals surface area contributed by atoms with Crippen molar-refractivity contribution in [1.29, 1.82) is 0 Å². The maximum absolute atomic E-state index is 6.62. The van der Waals surface area contributed by atoms with Crippen LogP contribution in [0.5, 0.6) is 0 Å². The highest BCUT2D eigenvalue weighted by Crippen LogP contribution is 2.38. The standard InChI is InChI=1S/C15H28N2/c16-15(9-4-1-5-10-15)12-17-11-8-13-6-2-3-7-14(13)17/h13-14H,1-12,16H2. The molecule has 17 heavy (non-hydrogen) atoms. The Balaban J connectivity index is 1.61. The van der Waals surface area contributed by atoms with Crippen LogP contribution in [-0.4, -0.2) is 29.6 Å². The SMILES string of the molecule is NC1(CN2CCC3CCCCC32)CCCCC1. The van der Waals surface area contributed by atoms with Gasteiger partial charge >= 0.3 is 0 Å². The van der Waals surface area contributed by atoms with Gasteiger partial charge in [0, 0.05) is 18.1 Å². The highest BCUT2D eigenvalue weighted by atomic mass is 15.2. The molecule has 2 saturated carbocycles. The second kappa shape index (κ2) is 4.89. The minimum absolute atomic E-state index is 0.157. The lowest BCUT2D eigenvalue weighted by atomic mass is 9.81. The molecule has 0 bridgehead atoms. The van der Waals surface area contributed by atoms with Gasteiger partial charge in [0.05, 0.1) is 0 Å². The third-order valence-corrected chi connectivity index (χ3v) is 5.49. The van der Waals surface area contributed by atoms with Gasteiger partial charge in [-0.25, -0.2) is 0 Å². The first-order valence-corrected chi connectivity index (χ1v) is 7.80. The topological polar surface area (TPSA) is 29.3 Å². The summed E-state index contributed by atoms with van der Waals surface area (Å²) in [6.07, 6.45) is 14.0. The average Bonchev–Trinajstić information content (AvgIpc) is 2.73. The molecule has 2 aliphatic carbocycles. The van der Waals surface area contributed by atoms with E-state index in [0.717, 1.165) is 12.0 Å². The molecule has 1 heterocycles. The Labute approximate surface area is 106 Å². The molecule has 0 aromatic heterocycles. The van der Waals surface area contributed by atoms with E-state index in [1.165, 1.54) is 77.3 Å². The summed E-state index contributed by atoms with van der Waals surface area (Å²) in [4.78, 5) is 2.76. The van der Waals surface area contributed by atoms with Crippen LogP contribution in [0.2, 0.25) is 0 Å². The van der Waals surface area contributed by atoms with Crippen LogP contribution in [0, 0.1) is 5.92 Å². The van der Waals surface area contributed by atoms with Crippen LogP contribution in [0.25, 0.3) is 0 Å². The van der Waals surface area contributed by atoms with Crippen LogP contribution in [0.4, 0.5) is 0 Å². The fourth-order valence-corrected chi connectivity index (χ4v) is 4.52. The summed E-state index contributed by atoms with van der Waals surface area (Å²) in [5.41, 5.74) is 6.78. The van der Waals surface area contributed by atoms with E-state index < -0.39 is 0 Å². The lowest BCUT2D eigenvalue weighted by Crippen LogP contribution is -2.53. The highest BCUT2D eigenvalue weighted by Gasteiger charge is 2.39. The van der Waals surface area contributed by atoms with Gasteiger partial charge in [-0.2, -0.15) is 0 Å². The van der Waals surface area contributed by atoms with Crippen molar-refractivity contribution < 1.29 is 0 Å². The predicted molar refractivity (Wildman–Crippen MR) is 71.9 cm³/mol. The molecule has 0 aromatic carbocycles. The van der Waals surface area contributed by atoms with Crippen LogP contribution in [0.3, 0.4) is 0 Å². The van der Waals surface area contributed by atoms with Gasteiger partial charge in [-0.3, -0.25) is 4.90 Å². The molecule has 2 unspecified atom stereocenters. The van der Waals surface area contributed by atoms with Crippen molar-refractivity contribution in [2.75, 3.05) is 13.1 Å². The zero-order valence-corrected chi connectivity index (χ0v) is 11.2. The number of nitrogens with two attached hydrogens (primary N) is 1. The normalized spacial score (nSPS) is 37.9. The second-order valence-electron chi connectivity index (χ2n) is 6.79. The molecule has 98 valence electrons. The number of fused-ring (bicyclic) bond motifs is 1. The Bertz CT molecular complexity index is 258. The Morgan fingerprint density at radius 1 is 0.941 bits per heavy atom. The average molecular weight is 236 g/mol. The molecule has 1 saturated heterocycles. The highest BCUT2D eigenvalue weighted by molar-refractivity contribution is 4.96. The van der Waals surface area contributed by atoms with Gasteiger partial charge in [-0.1, -0.05) is 32.1 Å². The molecule has 2 N–H and O–H groups in total. The minimum atomic E-state index is 0.157. The second-order valence-corrected chi connectivity index (χ2v) is 6.79. The van der Waals surface area contributed by atoms with Gasteiger partial charge in [0.2, 0.25) is 0 Å². The fraction of sp³-hybridized carbons (Fsp3) is 1.00. The molecule has 2 nitrogen and oxygen atoms in total. The third kappa shape index (κ3) is 2.53. The van der Waals surface area contributed by atoms with Gasteiger partial charge in [0.25, 0.3) is 0 Å². The van der Waals surface area contributed by atoms with E-state index in [4.69, 9.17) is 5.73 Å². The maximum Gasteiger partial charge on any atom is 0.0283 e. The van der Waals surface area contributed by atoms with Gasteiger partial charge in [-0.05, 0) is 44.6 Å². The minimum Gasteiger partial charge on any atom is -0.324 e. The van der Waals surface area contributed by atoms with Gasteiger partial charge in [0.15, 0.2) is 0 Å². The Morgan fingerprint density at radius 2 is 1.71 bits per heavy atom. The van der Waals surface area contributed by atoms with Crippen molar-refractivity contribution in [3.05, 3.63) is 0 Å². The summed E-state index contributed by atoms with van der Waals surface area (Å²) >= 11 is 0. The summed E-state index contributed by atoms with van der Waals surface area (Å²) in [5.74, 6) is 1.01. The first-order chi connectivity index (χ1) is 8.27. The molecule has 0 radical (unpaired) electrons. The van der Waals surface area contributed by atoms with E-state index in [1.54, 1.807) is 0 Å². The van der Waals surface area contributed by atoms with Gasteiger partial charge < -0.3 is 5.73 Å². The number of hydrogen-bond donors (Lipinski definition) is 1. The zero-order chi connectivity index (χ0) is 11.7. The fourth-order valence-electron chi connectivity index (χ4n) is 4.52. The van der Waals surface area contributed by atoms with Crippen molar-refractivity contribution >= 4 is 0 Å². The molecule has 3 rings (SSSR count). The summed E-state index contributed by atoms with van der Waals surface area (Å²) < 4.78 is 0. The maximum atomic E-state index is 6.62. The summed E-state index contributed by atoms with van der Waals surface area (Å²) in [6, 6.07) is 0.895. The van der Waals surface area contributed by atoms with Crippen molar-refractivity contribution in [2.45, 2.75) is 75.8 Å². The monoisotopic (exact) mass is 236 g/mol. The Kier molecular flexibility index (Phi) is 3.45. The van der Waals surface area contributed by atoms with Crippen LogP contribution >= 0.6 is 0 Å². The molecule has 1 aliphatic heterocycles. The molecule has 2 heteroatoms. The van der Waals surface area contributed by atoms with Crippen molar-refractivity contribution in [3.8, 4) is 0 Å². The van der Waals surface area contributed by atoms with E-state index in [-0.39, 0.29) is 5.54 Å².